The summed E-state index contributed by atoms with van der Waals surface area (Å²) in [4.78, 5) is 23.9. The van der Waals surface area contributed by atoms with Crippen LogP contribution in [-0.4, -0.2) is 92.3 Å². The summed E-state index contributed by atoms with van der Waals surface area (Å²) < 4.78 is 3.80. The molecule has 0 bridgehead atoms. The van der Waals surface area contributed by atoms with Crippen LogP contribution in [0, 0.1) is 0 Å². The van der Waals surface area contributed by atoms with Crippen LogP contribution in [0.15, 0.2) is 12.8 Å². The Hall–Kier alpha value is 1.69. The van der Waals surface area contributed by atoms with Gasteiger partial charge in [0.1, 0.15) is 0 Å². The molecule has 0 unspecified atom stereocenters. The Labute approximate surface area is 107 Å². The van der Waals surface area contributed by atoms with Crippen molar-refractivity contribution in [2.24, 2.45) is 0 Å². The zero-order valence-electron chi connectivity index (χ0n) is 3.53. The molecule has 0 aromatic rings. The van der Waals surface area contributed by atoms with E-state index in [0.717, 1.165) is 6.26 Å². The maximum absolute atomic E-state index is 7.97. The van der Waals surface area contributed by atoms with E-state index in [1.54, 1.807) is 0 Å². The molecule has 0 aliphatic rings. The normalized spacial score (nSPS) is 9.38. The predicted molar refractivity (Wildman–Crippen MR) is 30.8 cm³/mol. The van der Waals surface area contributed by atoms with Crippen molar-refractivity contribution in [3.63, 3.8) is 0 Å². The molecule has 0 aliphatic carbocycles. The molecule has 3 N–H and O–H groups in total. The number of rotatable bonds is 2. The Morgan fingerprint density at radius 3 is 1.75 bits per heavy atom. The van der Waals surface area contributed by atoms with Crippen molar-refractivity contribution in [3.05, 3.63) is 12.8 Å². The first-order chi connectivity index (χ1) is 3.06. The zero-order chi connectivity index (χ0) is 5.91. The molecule has 0 amide bonds. The van der Waals surface area contributed by atoms with E-state index in [1.165, 1.54) is 0 Å². The van der Waals surface area contributed by atoms with E-state index in [2.05, 4.69) is 11.0 Å². The average Bonchev–Trinajstić information content (AvgIpc) is 1.30. The fourth-order valence-corrected chi connectivity index (χ4v) is 0.335. The van der Waals surface area contributed by atoms with Gasteiger partial charge in [-0.25, -0.2) is 0 Å². The van der Waals surface area contributed by atoms with E-state index >= 15 is 0 Å². The van der Waals surface area contributed by atoms with E-state index in [9.17, 15) is 0 Å². The van der Waals surface area contributed by atoms with Gasteiger partial charge in [0.05, 0.1) is 6.26 Å². The molecule has 0 rings (SSSR count). The van der Waals surface area contributed by atoms with Crippen molar-refractivity contribution in [2.75, 3.05) is 0 Å². The molecule has 0 heterocycles. The second-order valence-electron chi connectivity index (χ2n) is 0.858. The van der Waals surface area contributed by atoms with Gasteiger partial charge >= 0.3 is 77.9 Å². The molecule has 0 saturated heterocycles. The molecular weight excluding hydrogens is 249 g/mol. The van der Waals surface area contributed by atoms with E-state index in [-0.39, 0.29) is 68.9 Å². The number of hydrogen-bond donors (Lipinski definition) is 3. The van der Waals surface area contributed by atoms with Crippen LogP contribution in [0.5, 0.6) is 0 Å². The third-order valence-corrected chi connectivity index (χ3v) is 0.724. The first kappa shape index (κ1) is 12.4. The molecule has 0 saturated carbocycles. The van der Waals surface area contributed by atoms with Gasteiger partial charge in [-0.3, -0.25) is 0 Å². The molecule has 0 fully saturated rings. The van der Waals surface area contributed by atoms with Gasteiger partial charge in [-0.1, -0.05) is 6.58 Å². The van der Waals surface area contributed by atoms with Gasteiger partial charge in [-0.05, 0) is 0 Å². The molecular formula is C2H7CsO4Si. The first-order valence-corrected chi connectivity index (χ1v) is 3.27. The Kier molecular flexibility index (Phi) is 8.46. The Morgan fingerprint density at radius 2 is 1.75 bits per heavy atom. The third kappa shape index (κ3) is 10.6. The van der Waals surface area contributed by atoms with Crippen LogP contribution < -0.4 is 0 Å². The quantitative estimate of drug-likeness (QED) is 0.391. The van der Waals surface area contributed by atoms with Crippen LogP contribution in [0.2, 0.25) is 0 Å². The summed E-state index contributed by atoms with van der Waals surface area (Å²) in [6.45, 7) is 2.98. The van der Waals surface area contributed by atoms with Crippen LogP contribution in [-0.2, 0) is 4.43 Å². The fraction of sp³-hybridized carbons (Fsp3) is 0. The van der Waals surface area contributed by atoms with E-state index in [0.29, 0.717) is 0 Å². The van der Waals surface area contributed by atoms with Gasteiger partial charge in [-0.2, -0.15) is 0 Å². The van der Waals surface area contributed by atoms with Crippen molar-refractivity contribution in [2.45, 2.75) is 0 Å². The summed E-state index contributed by atoms with van der Waals surface area (Å²) >= 11 is 0. The summed E-state index contributed by atoms with van der Waals surface area (Å²) in [5.74, 6) is 0. The molecule has 6 heteroatoms. The Morgan fingerprint density at radius 1 is 1.38 bits per heavy atom. The van der Waals surface area contributed by atoms with Gasteiger partial charge in [0, 0.05) is 0 Å². The third-order valence-electron chi connectivity index (χ3n) is 0.241. The van der Waals surface area contributed by atoms with Crippen molar-refractivity contribution >= 4 is 77.9 Å². The van der Waals surface area contributed by atoms with E-state index in [1.807, 2.05) is 0 Å². The SMILES string of the molecule is C=CO[Si](O)(O)O.[CsH]. The maximum atomic E-state index is 7.97. The summed E-state index contributed by atoms with van der Waals surface area (Å²) in [7, 11) is -4.28. The van der Waals surface area contributed by atoms with Gasteiger partial charge in [0.15, 0.2) is 0 Å². The summed E-state index contributed by atoms with van der Waals surface area (Å²) in [6, 6.07) is 0. The Balaban J connectivity index is 0. The monoisotopic (exact) mass is 256 g/mol. The van der Waals surface area contributed by atoms with Crippen molar-refractivity contribution < 1.29 is 18.8 Å². The van der Waals surface area contributed by atoms with Gasteiger partial charge in [0.25, 0.3) is 0 Å². The van der Waals surface area contributed by atoms with Crippen LogP contribution in [0.25, 0.3) is 0 Å². The summed E-state index contributed by atoms with van der Waals surface area (Å²) in [6.07, 6.45) is 0.770. The van der Waals surface area contributed by atoms with Crippen LogP contribution in [0.3, 0.4) is 0 Å². The predicted octanol–water partition coefficient (Wildman–Crippen LogP) is -2.09. The first-order valence-electron chi connectivity index (χ1n) is 1.52. The van der Waals surface area contributed by atoms with Gasteiger partial charge < -0.3 is 18.8 Å². The number of hydrogen-bond acceptors (Lipinski definition) is 4. The van der Waals surface area contributed by atoms with Gasteiger partial charge in [0.2, 0.25) is 0 Å². The molecule has 4 nitrogen and oxygen atoms in total. The summed E-state index contributed by atoms with van der Waals surface area (Å²) in [5.41, 5.74) is 0. The summed E-state index contributed by atoms with van der Waals surface area (Å²) in [5, 5.41) is 0. The van der Waals surface area contributed by atoms with Crippen molar-refractivity contribution in [1.82, 2.24) is 0 Å². The van der Waals surface area contributed by atoms with Crippen molar-refractivity contribution in [1.29, 1.82) is 0 Å². The fourth-order valence-electron chi connectivity index (χ4n) is 0.112. The molecule has 0 atom stereocenters. The standard InChI is InChI=1S/C2H6O4Si.Cs.H/c1-2-6-7(3,4)5;;/h2-5H,1H2;;. The molecule has 44 valence electrons. The van der Waals surface area contributed by atoms with Crippen LogP contribution in [0.1, 0.15) is 0 Å². The van der Waals surface area contributed by atoms with Gasteiger partial charge in [-0.15, -0.1) is 0 Å². The van der Waals surface area contributed by atoms with Crippen LogP contribution >= 0.6 is 0 Å². The van der Waals surface area contributed by atoms with E-state index in [4.69, 9.17) is 14.4 Å². The molecule has 0 aromatic carbocycles. The van der Waals surface area contributed by atoms with E-state index < -0.39 is 9.05 Å². The molecule has 0 spiro atoms. The molecule has 8 heavy (non-hydrogen) atoms. The topological polar surface area (TPSA) is 69.9 Å². The molecule has 0 aromatic heterocycles. The second-order valence-corrected chi connectivity index (χ2v) is 2.24. The molecule has 0 radical (unpaired) electrons. The minimum absolute atomic E-state index is 0. The Bertz CT molecular complexity index is 68.9. The average molecular weight is 256 g/mol. The molecule has 0 aliphatic heterocycles. The zero-order valence-corrected chi connectivity index (χ0v) is 4.53. The second kappa shape index (κ2) is 5.47. The minimum atomic E-state index is -4.28. The van der Waals surface area contributed by atoms with Crippen LogP contribution in [0.4, 0.5) is 0 Å². The van der Waals surface area contributed by atoms with Crippen molar-refractivity contribution in [3.8, 4) is 0 Å².